The quantitative estimate of drug-likeness (QED) is 0.927. The van der Waals surface area contributed by atoms with Crippen LogP contribution in [0.4, 0.5) is 0 Å². The fourth-order valence-electron chi connectivity index (χ4n) is 2.15. The number of morpholine rings is 1. The average molecular weight is 271 g/mol. The average Bonchev–Trinajstić information content (AvgIpc) is 2.51. The topological polar surface area (TPSA) is 56.3 Å². The number of ether oxygens (including phenoxy) is 2. The van der Waals surface area contributed by atoms with Gasteiger partial charge in [-0.1, -0.05) is 12.1 Å². The Balaban J connectivity index is 1.79. The van der Waals surface area contributed by atoms with Gasteiger partial charge in [0.15, 0.2) is 0 Å². The number of aryl methyl sites for hydroxylation is 1. The molecule has 5 nitrogen and oxygen atoms in total. The highest BCUT2D eigenvalue weighted by atomic mass is 16.5. The zero-order valence-corrected chi connectivity index (χ0v) is 11.4. The highest BCUT2D eigenvalue weighted by Gasteiger charge is 2.16. The van der Waals surface area contributed by atoms with Crippen LogP contribution in [-0.2, 0) is 4.74 Å². The Morgan fingerprint density at radius 2 is 2.30 bits per heavy atom. The Bertz CT molecular complexity index is 583. The minimum absolute atomic E-state index is 0.0789. The zero-order chi connectivity index (χ0) is 13.8. The molecule has 1 aliphatic rings. The van der Waals surface area contributed by atoms with Crippen molar-refractivity contribution in [2.75, 3.05) is 19.7 Å². The molecule has 0 aliphatic carbocycles. The molecule has 1 aromatic carbocycles. The molecule has 2 heterocycles. The molecule has 0 radical (unpaired) electrons. The Kier molecular flexibility index (Phi) is 3.90. The Morgan fingerprint density at radius 1 is 1.35 bits per heavy atom. The van der Waals surface area contributed by atoms with Crippen LogP contribution in [0.1, 0.15) is 17.2 Å². The molecule has 0 saturated carbocycles. The van der Waals surface area contributed by atoms with Gasteiger partial charge in [0.05, 0.1) is 18.9 Å². The van der Waals surface area contributed by atoms with E-state index in [4.69, 9.17) is 9.47 Å². The SMILES string of the molecule is Cc1ccnnc1Oc1cccc([C@@H]2CNCCO2)c1. The summed E-state index contributed by atoms with van der Waals surface area (Å²) in [6.45, 7) is 4.42. The molecule has 1 atom stereocenters. The van der Waals surface area contributed by atoms with Crippen molar-refractivity contribution in [1.29, 1.82) is 0 Å². The molecular weight excluding hydrogens is 254 g/mol. The van der Waals surface area contributed by atoms with Gasteiger partial charge in [0.1, 0.15) is 5.75 Å². The van der Waals surface area contributed by atoms with Crippen molar-refractivity contribution in [3.8, 4) is 11.6 Å². The minimum atomic E-state index is 0.0789. The summed E-state index contributed by atoms with van der Waals surface area (Å²) in [5.74, 6) is 1.28. The second-order valence-corrected chi connectivity index (χ2v) is 4.76. The van der Waals surface area contributed by atoms with E-state index in [1.54, 1.807) is 6.20 Å². The van der Waals surface area contributed by atoms with Gasteiger partial charge in [-0.3, -0.25) is 0 Å². The van der Waals surface area contributed by atoms with E-state index < -0.39 is 0 Å². The summed E-state index contributed by atoms with van der Waals surface area (Å²) in [6, 6.07) is 9.79. The number of nitrogens with one attached hydrogen (secondary N) is 1. The predicted octanol–water partition coefficient (Wildman–Crippen LogP) is 2.24. The van der Waals surface area contributed by atoms with E-state index in [1.165, 1.54) is 0 Å². The summed E-state index contributed by atoms with van der Waals surface area (Å²) < 4.78 is 11.5. The lowest BCUT2D eigenvalue weighted by atomic mass is 10.1. The summed E-state index contributed by atoms with van der Waals surface area (Å²) >= 11 is 0. The molecule has 1 N–H and O–H groups in total. The van der Waals surface area contributed by atoms with Crippen LogP contribution in [0.25, 0.3) is 0 Å². The van der Waals surface area contributed by atoms with Crippen LogP contribution in [0.3, 0.4) is 0 Å². The van der Waals surface area contributed by atoms with E-state index in [0.29, 0.717) is 5.88 Å². The number of hydrogen-bond donors (Lipinski definition) is 1. The smallest absolute Gasteiger partial charge is 0.241 e. The first kappa shape index (κ1) is 13.0. The second-order valence-electron chi connectivity index (χ2n) is 4.76. The van der Waals surface area contributed by atoms with Crippen molar-refractivity contribution in [2.45, 2.75) is 13.0 Å². The zero-order valence-electron chi connectivity index (χ0n) is 11.4. The van der Waals surface area contributed by atoms with Crippen LogP contribution in [0.2, 0.25) is 0 Å². The molecule has 0 unspecified atom stereocenters. The van der Waals surface area contributed by atoms with Crippen LogP contribution < -0.4 is 10.1 Å². The van der Waals surface area contributed by atoms with Gasteiger partial charge in [0.25, 0.3) is 0 Å². The second kappa shape index (κ2) is 5.98. The van der Waals surface area contributed by atoms with Crippen molar-refractivity contribution in [3.63, 3.8) is 0 Å². The lowest BCUT2D eigenvalue weighted by Crippen LogP contribution is -2.33. The van der Waals surface area contributed by atoms with Gasteiger partial charge in [-0.25, -0.2) is 0 Å². The predicted molar refractivity (Wildman–Crippen MR) is 74.8 cm³/mol. The van der Waals surface area contributed by atoms with Crippen LogP contribution in [0.15, 0.2) is 36.5 Å². The van der Waals surface area contributed by atoms with Gasteiger partial charge < -0.3 is 14.8 Å². The van der Waals surface area contributed by atoms with E-state index in [2.05, 4.69) is 15.5 Å². The first-order chi connectivity index (χ1) is 9.83. The third kappa shape index (κ3) is 2.95. The highest BCUT2D eigenvalue weighted by Crippen LogP contribution is 2.26. The maximum Gasteiger partial charge on any atom is 0.241 e. The standard InChI is InChI=1S/C15H17N3O2/c1-11-5-6-17-18-15(11)20-13-4-2-3-12(9-13)14-10-16-7-8-19-14/h2-6,9,14,16H,7-8,10H2,1H3/t14-/m0/s1. The molecule has 0 amide bonds. The van der Waals surface area contributed by atoms with Gasteiger partial charge in [-0.15, -0.1) is 5.10 Å². The number of rotatable bonds is 3. The molecule has 1 aromatic heterocycles. The van der Waals surface area contributed by atoms with Crippen molar-refractivity contribution in [1.82, 2.24) is 15.5 Å². The Hall–Kier alpha value is -1.98. The van der Waals surface area contributed by atoms with Crippen LogP contribution in [0.5, 0.6) is 11.6 Å². The maximum absolute atomic E-state index is 5.79. The van der Waals surface area contributed by atoms with Crippen molar-refractivity contribution in [3.05, 3.63) is 47.7 Å². The summed E-state index contributed by atoms with van der Waals surface area (Å²) in [7, 11) is 0. The number of hydrogen-bond acceptors (Lipinski definition) is 5. The first-order valence-corrected chi connectivity index (χ1v) is 6.71. The minimum Gasteiger partial charge on any atom is -0.437 e. The van der Waals surface area contributed by atoms with Crippen molar-refractivity contribution >= 4 is 0 Å². The van der Waals surface area contributed by atoms with Crippen molar-refractivity contribution < 1.29 is 9.47 Å². The monoisotopic (exact) mass is 271 g/mol. The van der Waals surface area contributed by atoms with E-state index in [0.717, 1.165) is 36.6 Å². The molecule has 0 bridgehead atoms. The summed E-state index contributed by atoms with van der Waals surface area (Å²) in [4.78, 5) is 0. The van der Waals surface area contributed by atoms with E-state index >= 15 is 0 Å². The largest absolute Gasteiger partial charge is 0.437 e. The molecule has 20 heavy (non-hydrogen) atoms. The summed E-state index contributed by atoms with van der Waals surface area (Å²) in [6.07, 6.45) is 1.73. The third-order valence-electron chi connectivity index (χ3n) is 3.25. The van der Waals surface area contributed by atoms with E-state index in [-0.39, 0.29) is 6.10 Å². The van der Waals surface area contributed by atoms with Gasteiger partial charge in [0.2, 0.25) is 5.88 Å². The normalized spacial score (nSPS) is 18.8. The number of benzene rings is 1. The molecule has 5 heteroatoms. The molecule has 1 aliphatic heterocycles. The fraction of sp³-hybridized carbons (Fsp3) is 0.333. The molecule has 0 spiro atoms. The van der Waals surface area contributed by atoms with Gasteiger partial charge >= 0.3 is 0 Å². The first-order valence-electron chi connectivity index (χ1n) is 6.71. The molecular formula is C15H17N3O2. The third-order valence-corrected chi connectivity index (χ3v) is 3.25. The van der Waals surface area contributed by atoms with Crippen LogP contribution >= 0.6 is 0 Å². The number of nitrogens with zero attached hydrogens (tertiary/aromatic N) is 2. The van der Waals surface area contributed by atoms with Gasteiger partial charge in [-0.2, -0.15) is 5.10 Å². The fourth-order valence-corrected chi connectivity index (χ4v) is 2.15. The molecule has 1 saturated heterocycles. The Labute approximate surface area is 117 Å². The number of aromatic nitrogens is 2. The molecule has 3 rings (SSSR count). The Morgan fingerprint density at radius 3 is 3.10 bits per heavy atom. The lowest BCUT2D eigenvalue weighted by Gasteiger charge is -2.24. The van der Waals surface area contributed by atoms with Crippen LogP contribution in [-0.4, -0.2) is 29.9 Å². The van der Waals surface area contributed by atoms with E-state index in [9.17, 15) is 0 Å². The summed E-state index contributed by atoms with van der Waals surface area (Å²) in [5, 5.41) is 11.2. The van der Waals surface area contributed by atoms with Crippen molar-refractivity contribution in [2.24, 2.45) is 0 Å². The lowest BCUT2D eigenvalue weighted by molar-refractivity contribution is 0.0276. The summed E-state index contributed by atoms with van der Waals surface area (Å²) in [5.41, 5.74) is 2.07. The van der Waals surface area contributed by atoms with E-state index in [1.807, 2.05) is 37.3 Å². The van der Waals surface area contributed by atoms with Crippen LogP contribution in [0, 0.1) is 6.92 Å². The molecule has 104 valence electrons. The van der Waals surface area contributed by atoms with Gasteiger partial charge in [-0.05, 0) is 30.7 Å². The molecule has 1 fully saturated rings. The van der Waals surface area contributed by atoms with Gasteiger partial charge in [0, 0.05) is 18.7 Å². The highest BCUT2D eigenvalue weighted by molar-refractivity contribution is 5.34. The maximum atomic E-state index is 5.79. The molecule has 2 aromatic rings.